The second kappa shape index (κ2) is 6.13. The Morgan fingerprint density at radius 3 is 3.00 bits per heavy atom. The van der Waals surface area contributed by atoms with Crippen LogP contribution in [-0.4, -0.2) is 26.5 Å². The van der Waals surface area contributed by atoms with Crippen LogP contribution in [0.3, 0.4) is 0 Å². The molecule has 0 spiro atoms. The van der Waals surface area contributed by atoms with E-state index in [1.54, 1.807) is 12.1 Å². The van der Waals surface area contributed by atoms with E-state index in [4.69, 9.17) is 5.73 Å². The normalized spacial score (nSPS) is 11.4. The van der Waals surface area contributed by atoms with E-state index in [9.17, 15) is 14.9 Å². The van der Waals surface area contributed by atoms with Crippen LogP contribution in [0, 0.1) is 17.0 Å². The molecule has 2 aromatic heterocycles. The number of hydrogen-bond acceptors (Lipinski definition) is 7. The number of thiophene rings is 1. The number of nitrogens with zero attached hydrogens (tertiary/aromatic N) is 4. The molecular weight excluding hydrogens is 298 g/mol. The third-order valence-electron chi connectivity index (χ3n) is 2.57. The number of nitro groups is 1. The van der Waals surface area contributed by atoms with Gasteiger partial charge in [0.25, 0.3) is 0 Å². The zero-order valence-corrected chi connectivity index (χ0v) is 11.7. The Morgan fingerprint density at radius 2 is 2.43 bits per heavy atom. The number of rotatable bonds is 5. The molecule has 0 aliphatic carbocycles. The Hall–Kier alpha value is -2.75. The summed E-state index contributed by atoms with van der Waals surface area (Å²) in [6.45, 7) is 1.20. The molecule has 0 unspecified atom stereocenters. The molecular formula is C11H11N5O4S. The van der Waals surface area contributed by atoms with Crippen molar-refractivity contribution in [3.05, 3.63) is 44.4 Å². The number of amidine groups is 1. The summed E-state index contributed by atoms with van der Waals surface area (Å²) in [6, 6.07) is 3.52. The van der Waals surface area contributed by atoms with E-state index in [-0.39, 0.29) is 23.8 Å². The van der Waals surface area contributed by atoms with Crippen molar-refractivity contribution in [2.24, 2.45) is 10.9 Å². The highest BCUT2D eigenvalue weighted by molar-refractivity contribution is 7.12. The van der Waals surface area contributed by atoms with E-state index in [0.29, 0.717) is 4.88 Å². The van der Waals surface area contributed by atoms with Crippen molar-refractivity contribution in [3.63, 3.8) is 0 Å². The SMILES string of the molecule is Cc1c([N+](=O)[O-])cnn1CC(=O)O/N=C(\N)c1cccs1. The molecule has 0 aliphatic heterocycles. The minimum absolute atomic E-state index is 0.0847. The third kappa shape index (κ3) is 3.42. The number of carbonyl (C=O) groups is 1. The van der Waals surface area contributed by atoms with Crippen LogP contribution in [0.25, 0.3) is 0 Å². The lowest BCUT2D eigenvalue weighted by Gasteiger charge is -2.01. The van der Waals surface area contributed by atoms with E-state index in [2.05, 4.69) is 15.1 Å². The average molecular weight is 309 g/mol. The summed E-state index contributed by atoms with van der Waals surface area (Å²) in [5.41, 5.74) is 5.72. The van der Waals surface area contributed by atoms with Crippen molar-refractivity contribution >= 4 is 28.8 Å². The molecule has 110 valence electrons. The topological polar surface area (TPSA) is 126 Å². The van der Waals surface area contributed by atoms with Gasteiger partial charge in [-0.3, -0.25) is 14.8 Å². The molecule has 0 saturated heterocycles. The predicted octanol–water partition coefficient (Wildman–Crippen LogP) is 1.02. The predicted molar refractivity (Wildman–Crippen MR) is 74.8 cm³/mol. The van der Waals surface area contributed by atoms with Crippen molar-refractivity contribution in [2.75, 3.05) is 0 Å². The van der Waals surface area contributed by atoms with Gasteiger partial charge in [0.15, 0.2) is 5.84 Å². The molecule has 0 atom stereocenters. The fourth-order valence-electron chi connectivity index (χ4n) is 1.50. The number of aromatic nitrogens is 2. The van der Waals surface area contributed by atoms with Gasteiger partial charge in [0, 0.05) is 0 Å². The first-order valence-corrected chi connectivity index (χ1v) is 6.61. The lowest BCUT2D eigenvalue weighted by atomic mass is 10.4. The minimum Gasteiger partial charge on any atom is -0.380 e. The lowest BCUT2D eigenvalue weighted by Crippen LogP contribution is -2.17. The summed E-state index contributed by atoms with van der Waals surface area (Å²) < 4.78 is 1.16. The Kier molecular flexibility index (Phi) is 4.28. The highest BCUT2D eigenvalue weighted by Gasteiger charge is 2.18. The van der Waals surface area contributed by atoms with Gasteiger partial charge >= 0.3 is 11.7 Å². The van der Waals surface area contributed by atoms with Gasteiger partial charge in [0.2, 0.25) is 0 Å². The van der Waals surface area contributed by atoms with Crippen molar-refractivity contribution in [1.82, 2.24) is 9.78 Å². The van der Waals surface area contributed by atoms with Crippen molar-refractivity contribution in [2.45, 2.75) is 13.5 Å². The Morgan fingerprint density at radius 1 is 1.67 bits per heavy atom. The van der Waals surface area contributed by atoms with Gasteiger partial charge < -0.3 is 10.6 Å². The molecule has 10 heteroatoms. The fraction of sp³-hybridized carbons (Fsp3) is 0.182. The second-order valence-corrected chi connectivity index (χ2v) is 4.89. The van der Waals surface area contributed by atoms with E-state index >= 15 is 0 Å². The Labute approximate surface area is 122 Å². The molecule has 0 amide bonds. The molecule has 0 saturated carbocycles. The average Bonchev–Trinajstić information content (AvgIpc) is 3.07. The molecule has 0 fully saturated rings. The summed E-state index contributed by atoms with van der Waals surface area (Å²) in [7, 11) is 0. The molecule has 2 heterocycles. The van der Waals surface area contributed by atoms with Crippen LogP contribution >= 0.6 is 11.3 Å². The molecule has 9 nitrogen and oxygen atoms in total. The summed E-state index contributed by atoms with van der Waals surface area (Å²) in [4.78, 5) is 27.0. The van der Waals surface area contributed by atoms with E-state index in [1.165, 1.54) is 18.3 Å². The molecule has 0 bridgehead atoms. The van der Waals surface area contributed by atoms with E-state index in [1.807, 2.05) is 5.38 Å². The number of hydrogen-bond donors (Lipinski definition) is 1. The zero-order valence-electron chi connectivity index (χ0n) is 10.9. The first-order chi connectivity index (χ1) is 9.99. The highest BCUT2D eigenvalue weighted by atomic mass is 32.1. The molecule has 0 aromatic carbocycles. The number of nitrogens with two attached hydrogens (primary N) is 1. The zero-order chi connectivity index (χ0) is 15.4. The van der Waals surface area contributed by atoms with Gasteiger partial charge in [0.05, 0.1) is 9.80 Å². The molecule has 21 heavy (non-hydrogen) atoms. The smallest absolute Gasteiger partial charge is 0.356 e. The molecule has 2 aromatic rings. The first-order valence-electron chi connectivity index (χ1n) is 5.73. The van der Waals surface area contributed by atoms with E-state index < -0.39 is 10.9 Å². The Balaban J connectivity index is 1.99. The van der Waals surface area contributed by atoms with Gasteiger partial charge in [-0.15, -0.1) is 11.3 Å². The van der Waals surface area contributed by atoms with Crippen LogP contribution in [-0.2, 0) is 16.2 Å². The van der Waals surface area contributed by atoms with Gasteiger partial charge in [-0.1, -0.05) is 11.2 Å². The van der Waals surface area contributed by atoms with Crippen LogP contribution in [0.5, 0.6) is 0 Å². The van der Waals surface area contributed by atoms with Crippen molar-refractivity contribution in [3.8, 4) is 0 Å². The van der Waals surface area contributed by atoms with Crippen LogP contribution in [0.1, 0.15) is 10.6 Å². The summed E-state index contributed by atoms with van der Waals surface area (Å²) in [5, 5.41) is 19.7. The first kappa shape index (κ1) is 14.7. The second-order valence-electron chi connectivity index (χ2n) is 3.95. The number of carbonyl (C=O) groups excluding carboxylic acids is 1. The molecule has 0 aliphatic rings. The van der Waals surface area contributed by atoms with Gasteiger partial charge in [-0.2, -0.15) is 5.10 Å². The Bertz CT molecular complexity index is 692. The van der Waals surface area contributed by atoms with Gasteiger partial charge in [-0.05, 0) is 18.4 Å². The van der Waals surface area contributed by atoms with Crippen LogP contribution in [0.4, 0.5) is 5.69 Å². The van der Waals surface area contributed by atoms with Crippen molar-refractivity contribution in [1.29, 1.82) is 0 Å². The summed E-state index contributed by atoms with van der Waals surface area (Å²) in [5.74, 6) is -0.642. The standard InChI is InChI=1S/C11H11N5O4S/c1-7-8(16(18)19)5-13-15(7)6-10(17)20-14-11(12)9-3-2-4-21-9/h2-5H,6H2,1H3,(H2,12,14). The minimum atomic E-state index is -0.726. The lowest BCUT2D eigenvalue weighted by molar-refractivity contribution is -0.385. The van der Waals surface area contributed by atoms with Crippen LogP contribution < -0.4 is 5.73 Å². The van der Waals surface area contributed by atoms with Crippen LogP contribution in [0.15, 0.2) is 28.9 Å². The van der Waals surface area contributed by atoms with Gasteiger partial charge in [-0.25, -0.2) is 4.79 Å². The van der Waals surface area contributed by atoms with Gasteiger partial charge in [0.1, 0.15) is 18.4 Å². The summed E-state index contributed by atoms with van der Waals surface area (Å²) in [6.07, 6.45) is 1.08. The molecule has 2 N–H and O–H groups in total. The van der Waals surface area contributed by atoms with Crippen molar-refractivity contribution < 1.29 is 14.6 Å². The fourth-order valence-corrected chi connectivity index (χ4v) is 2.11. The monoisotopic (exact) mass is 309 g/mol. The maximum Gasteiger partial charge on any atom is 0.356 e. The molecule has 2 rings (SSSR count). The molecule has 0 radical (unpaired) electrons. The quantitative estimate of drug-likeness (QED) is 0.289. The maximum atomic E-state index is 11.6. The third-order valence-corrected chi connectivity index (χ3v) is 3.46. The maximum absolute atomic E-state index is 11.6. The number of oxime groups is 1. The highest BCUT2D eigenvalue weighted by Crippen LogP contribution is 2.16. The van der Waals surface area contributed by atoms with Crippen LogP contribution in [0.2, 0.25) is 0 Å². The van der Waals surface area contributed by atoms with E-state index in [0.717, 1.165) is 10.9 Å². The summed E-state index contributed by atoms with van der Waals surface area (Å²) >= 11 is 1.36. The largest absolute Gasteiger partial charge is 0.380 e.